The van der Waals surface area contributed by atoms with Gasteiger partial charge in [-0.3, -0.25) is 0 Å². The lowest BCUT2D eigenvalue weighted by Crippen LogP contribution is -2.25. The molecule has 0 aromatic heterocycles. The molecule has 0 fully saturated rings. The molecule has 4 aromatic carbocycles. The Balaban J connectivity index is 1.59. The predicted octanol–water partition coefficient (Wildman–Crippen LogP) is 7.87. The van der Waals surface area contributed by atoms with Crippen LogP contribution in [0.2, 0.25) is 0 Å². The Morgan fingerprint density at radius 2 is 0.925 bits per heavy atom. The Kier molecular flexibility index (Phi) is 10.7. The van der Waals surface area contributed by atoms with Crippen molar-refractivity contribution in [2.45, 2.75) is 12.3 Å². The summed E-state index contributed by atoms with van der Waals surface area (Å²) in [5, 5.41) is 0. The first-order valence-electron chi connectivity index (χ1n) is 13.6. The summed E-state index contributed by atoms with van der Waals surface area (Å²) in [5.41, 5.74) is 5.53. The van der Waals surface area contributed by atoms with E-state index in [4.69, 9.17) is 18.9 Å². The van der Waals surface area contributed by atoms with Crippen molar-refractivity contribution in [1.29, 1.82) is 0 Å². The van der Waals surface area contributed by atoms with Gasteiger partial charge in [-0.05, 0) is 59.0 Å². The summed E-state index contributed by atoms with van der Waals surface area (Å²) in [6.45, 7) is 12.7. The molecule has 0 bridgehead atoms. The zero-order valence-electron chi connectivity index (χ0n) is 23.3. The Morgan fingerprint density at radius 1 is 0.525 bits per heavy atom. The lowest BCUT2D eigenvalue weighted by atomic mass is 9.71. The van der Waals surface area contributed by atoms with Crippen LogP contribution >= 0.6 is 0 Å². The topological polar surface area (TPSA) is 36.9 Å². The van der Waals surface area contributed by atoms with Crippen molar-refractivity contribution in [2.24, 2.45) is 0 Å². The highest BCUT2D eigenvalue weighted by Gasteiger charge is 2.31. The molecule has 206 valence electrons. The van der Waals surface area contributed by atoms with E-state index in [1.165, 1.54) is 27.8 Å². The molecular formula is C36H38O4. The van der Waals surface area contributed by atoms with E-state index >= 15 is 0 Å². The zero-order chi connectivity index (χ0) is 28.0. The minimum Gasteiger partial charge on any atom is -0.491 e. The molecule has 0 amide bonds. The maximum atomic E-state index is 5.88. The number of hydrogen-bond donors (Lipinski definition) is 0. The summed E-state index contributed by atoms with van der Waals surface area (Å²) in [5.74, 6) is 1.63. The molecule has 4 aromatic rings. The fraction of sp³-hybridized carbons (Fsp3) is 0.222. The summed E-state index contributed by atoms with van der Waals surface area (Å²) in [6, 6.07) is 36.0. The molecule has 0 saturated heterocycles. The second-order valence-corrected chi connectivity index (χ2v) is 9.54. The summed E-state index contributed by atoms with van der Waals surface area (Å²) in [4.78, 5) is 0. The van der Waals surface area contributed by atoms with Crippen LogP contribution < -0.4 is 9.47 Å². The standard InChI is InChI=1S/C36H38O4/c1-4-23-37-25-27-39-34-19-15-32(16-20-34)36(3,31-13-11-30(12-14-31)29-9-7-6-8-10-29)33-17-21-35(22-18-33)40-28-26-38-24-5-2/h4-22H,1-2,23-28H2,3H3. The van der Waals surface area contributed by atoms with E-state index in [1.807, 2.05) is 30.3 Å². The molecule has 0 N–H and O–H groups in total. The molecule has 0 heterocycles. The van der Waals surface area contributed by atoms with Crippen molar-refractivity contribution in [2.75, 3.05) is 39.6 Å². The Morgan fingerprint density at radius 3 is 1.35 bits per heavy atom. The van der Waals surface area contributed by atoms with Crippen molar-refractivity contribution in [3.8, 4) is 22.6 Å². The third-order valence-corrected chi connectivity index (χ3v) is 6.90. The van der Waals surface area contributed by atoms with Crippen LogP contribution in [0, 0.1) is 0 Å². The third kappa shape index (κ3) is 7.50. The molecule has 0 radical (unpaired) electrons. The summed E-state index contributed by atoms with van der Waals surface area (Å²) >= 11 is 0. The number of benzene rings is 4. The van der Waals surface area contributed by atoms with Crippen molar-refractivity contribution < 1.29 is 18.9 Å². The lowest BCUT2D eigenvalue weighted by Gasteiger charge is -2.32. The Hall–Kier alpha value is -4.12. The molecule has 40 heavy (non-hydrogen) atoms. The fourth-order valence-electron chi connectivity index (χ4n) is 4.67. The van der Waals surface area contributed by atoms with Crippen LogP contribution in [0.5, 0.6) is 11.5 Å². The number of hydrogen-bond acceptors (Lipinski definition) is 4. The van der Waals surface area contributed by atoms with Crippen LogP contribution in [-0.4, -0.2) is 39.6 Å². The van der Waals surface area contributed by atoms with E-state index in [1.54, 1.807) is 12.2 Å². The first kappa shape index (κ1) is 28.9. The molecule has 0 unspecified atom stereocenters. The summed E-state index contributed by atoms with van der Waals surface area (Å²) in [7, 11) is 0. The van der Waals surface area contributed by atoms with E-state index < -0.39 is 5.41 Å². The van der Waals surface area contributed by atoms with Crippen LogP contribution in [0.15, 0.2) is 128 Å². The van der Waals surface area contributed by atoms with Crippen LogP contribution in [0.3, 0.4) is 0 Å². The molecule has 0 aliphatic rings. The Labute approximate surface area is 238 Å². The zero-order valence-corrected chi connectivity index (χ0v) is 23.3. The average molecular weight is 535 g/mol. The molecule has 4 rings (SSSR count). The third-order valence-electron chi connectivity index (χ3n) is 6.90. The van der Waals surface area contributed by atoms with E-state index in [-0.39, 0.29) is 0 Å². The van der Waals surface area contributed by atoms with Crippen molar-refractivity contribution >= 4 is 0 Å². The molecule has 0 atom stereocenters. The molecule has 4 heteroatoms. The maximum absolute atomic E-state index is 5.88. The second-order valence-electron chi connectivity index (χ2n) is 9.54. The van der Waals surface area contributed by atoms with Crippen LogP contribution in [0.25, 0.3) is 11.1 Å². The average Bonchev–Trinajstić information content (AvgIpc) is 3.01. The van der Waals surface area contributed by atoms with Crippen LogP contribution in [0.4, 0.5) is 0 Å². The van der Waals surface area contributed by atoms with Gasteiger partial charge in [0, 0.05) is 5.41 Å². The molecule has 4 nitrogen and oxygen atoms in total. The minimum absolute atomic E-state index is 0.396. The van der Waals surface area contributed by atoms with Gasteiger partial charge in [-0.25, -0.2) is 0 Å². The second kappa shape index (κ2) is 14.9. The van der Waals surface area contributed by atoms with Crippen molar-refractivity contribution in [3.05, 3.63) is 145 Å². The number of ether oxygens (including phenoxy) is 4. The Bertz CT molecular complexity index is 1250. The highest BCUT2D eigenvalue weighted by molar-refractivity contribution is 5.64. The summed E-state index contributed by atoms with van der Waals surface area (Å²) in [6.07, 6.45) is 3.47. The molecule has 0 spiro atoms. The van der Waals surface area contributed by atoms with E-state index in [0.717, 1.165) is 11.5 Å². The van der Waals surface area contributed by atoms with Gasteiger partial charge in [-0.1, -0.05) is 91.0 Å². The van der Waals surface area contributed by atoms with Gasteiger partial charge >= 0.3 is 0 Å². The van der Waals surface area contributed by atoms with Gasteiger partial charge in [0.2, 0.25) is 0 Å². The SMILES string of the molecule is C=CCOCCOc1ccc(C(C)(c2ccc(OCCOCC=C)cc2)c2ccc(-c3ccccc3)cc2)cc1. The van der Waals surface area contributed by atoms with Crippen molar-refractivity contribution in [3.63, 3.8) is 0 Å². The van der Waals surface area contributed by atoms with Gasteiger partial charge < -0.3 is 18.9 Å². The van der Waals surface area contributed by atoms with E-state index in [9.17, 15) is 0 Å². The molecule has 0 aliphatic carbocycles. The van der Waals surface area contributed by atoms with Crippen LogP contribution in [-0.2, 0) is 14.9 Å². The quantitative estimate of drug-likeness (QED) is 0.0833. The van der Waals surface area contributed by atoms with Crippen LogP contribution in [0.1, 0.15) is 23.6 Å². The smallest absolute Gasteiger partial charge is 0.119 e. The molecular weight excluding hydrogens is 496 g/mol. The monoisotopic (exact) mass is 534 g/mol. The van der Waals surface area contributed by atoms with E-state index in [2.05, 4.69) is 92.9 Å². The van der Waals surface area contributed by atoms with Gasteiger partial charge in [0.1, 0.15) is 24.7 Å². The van der Waals surface area contributed by atoms with Gasteiger partial charge in [-0.15, -0.1) is 13.2 Å². The fourth-order valence-corrected chi connectivity index (χ4v) is 4.67. The molecule has 0 aliphatic heterocycles. The van der Waals surface area contributed by atoms with Gasteiger partial charge in [0.05, 0.1) is 26.4 Å². The van der Waals surface area contributed by atoms with Gasteiger partial charge in [0.15, 0.2) is 0 Å². The largest absolute Gasteiger partial charge is 0.491 e. The molecule has 0 saturated carbocycles. The maximum Gasteiger partial charge on any atom is 0.119 e. The summed E-state index contributed by atoms with van der Waals surface area (Å²) < 4.78 is 22.6. The first-order chi connectivity index (χ1) is 19.6. The van der Waals surface area contributed by atoms with Gasteiger partial charge in [0.25, 0.3) is 0 Å². The first-order valence-corrected chi connectivity index (χ1v) is 13.6. The predicted molar refractivity (Wildman–Crippen MR) is 163 cm³/mol. The normalized spacial score (nSPS) is 11.1. The van der Waals surface area contributed by atoms with E-state index in [0.29, 0.717) is 39.6 Å². The lowest BCUT2D eigenvalue weighted by molar-refractivity contribution is 0.121. The highest BCUT2D eigenvalue weighted by atomic mass is 16.5. The van der Waals surface area contributed by atoms with Crippen molar-refractivity contribution in [1.82, 2.24) is 0 Å². The van der Waals surface area contributed by atoms with Gasteiger partial charge in [-0.2, -0.15) is 0 Å². The minimum atomic E-state index is -0.396. The number of rotatable bonds is 16. The highest BCUT2D eigenvalue weighted by Crippen LogP contribution is 2.40.